The summed E-state index contributed by atoms with van der Waals surface area (Å²) in [7, 11) is 1.28. The van der Waals surface area contributed by atoms with Gasteiger partial charge in [-0.05, 0) is 6.92 Å². The van der Waals surface area contributed by atoms with Crippen molar-refractivity contribution in [3.63, 3.8) is 0 Å². The van der Waals surface area contributed by atoms with Gasteiger partial charge in [0.05, 0.1) is 13.7 Å². The Kier molecular flexibility index (Phi) is 2.49. The molecule has 0 aliphatic carbocycles. The van der Waals surface area contributed by atoms with Crippen LogP contribution in [-0.2, 0) is 9.47 Å². The van der Waals surface area contributed by atoms with Crippen molar-refractivity contribution < 1.29 is 14.3 Å². The fourth-order valence-electron chi connectivity index (χ4n) is 2.44. The lowest BCUT2D eigenvalue weighted by atomic mass is 10.3. The Balaban J connectivity index is 2.05. The number of carbonyl (C=O) groups excluding carboxylic acids is 1. The number of fused-ring (bicyclic) bond motifs is 1. The van der Waals surface area contributed by atoms with Gasteiger partial charge in [0.1, 0.15) is 18.4 Å². The number of amides is 1. The first-order chi connectivity index (χ1) is 9.02. The van der Waals surface area contributed by atoms with Gasteiger partial charge in [-0.1, -0.05) is 0 Å². The molecule has 102 valence electrons. The van der Waals surface area contributed by atoms with E-state index in [1.54, 1.807) is 6.92 Å². The van der Waals surface area contributed by atoms with Crippen LogP contribution < -0.4 is 11.2 Å². The van der Waals surface area contributed by atoms with Gasteiger partial charge in [0, 0.05) is 11.8 Å². The van der Waals surface area contributed by atoms with Crippen LogP contribution in [0.4, 0.5) is 4.79 Å². The normalized spacial score (nSPS) is 28.1. The minimum Gasteiger partial charge on any atom is -0.453 e. The topological polar surface area (TPSA) is 96.9 Å². The highest BCUT2D eigenvalue weighted by molar-refractivity contribution is 5.68. The Bertz CT molecular complexity index is 648. The van der Waals surface area contributed by atoms with E-state index in [9.17, 15) is 14.4 Å². The van der Waals surface area contributed by atoms with Crippen molar-refractivity contribution in [2.45, 2.75) is 25.3 Å². The van der Waals surface area contributed by atoms with E-state index in [4.69, 9.17) is 9.47 Å². The number of likely N-dealkylation sites (tertiary alicyclic amines) is 1. The number of aromatic amines is 1. The number of aryl methyl sites for hydroxylation is 1. The molecule has 0 aromatic carbocycles. The maximum Gasteiger partial charge on any atom is 0.411 e. The number of nitrogens with one attached hydrogen (secondary N) is 1. The van der Waals surface area contributed by atoms with E-state index in [0.717, 1.165) is 0 Å². The number of hydrogen-bond acceptors (Lipinski definition) is 5. The van der Waals surface area contributed by atoms with Crippen LogP contribution in [0.25, 0.3) is 0 Å². The molecule has 0 radical (unpaired) electrons. The number of rotatable bonds is 1. The standard InChI is InChI=1S/C11H13N3O5/c1-5-3-13(10(16)12-8(5)15)9-7-6(19-7)4-14(9)11(17)18-2/h3,6-7,9H,4H2,1-2H3,(H,12,15,16)/t6-,7-,9+/m0/s1. The molecule has 0 bridgehead atoms. The monoisotopic (exact) mass is 267 g/mol. The number of epoxide rings is 1. The third-order valence-corrected chi connectivity index (χ3v) is 3.45. The van der Waals surface area contributed by atoms with E-state index in [1.165, 1.54) is 22.8 Å². The summed E-state index contributed by atoms with van der Waals surface area (Å²) in [5, 5.41) is 0. The van der Waals surface area contributed by atoms with Crippen LogP contribution in [0.15, 0.2) is 15.8 Å². The third-order valence-electron chi connectivity index (χ3n) is 3.45. The van der Waals surface area contributed by atoms with Gasteiger partial charge in [-0.15, -0.1) is 0 Å². The highest BCUT2D eigenvalue weighted by Crippen LogP contribution is 2.42. The number of methoxy groups -OCH3 is 1. The van der Waals surface area contributed by atoms with Crippen molar-refractivity contribution >= 4 is 6.09 Å². The average Bonchev–Trinajstić information content (AvgIpc) is 3.05. The number of morpholine rings is 1. The first kappa shape index (κ1) is 12.0. The molecule has 0 saturated carbocycles. The lowest BCUT2D eigenvalue weighted by molar-refractivity contribution is 0.0667. The number of hydrogen-bond donors (Lipinski definition) is 1. The van der Waals surface area contributed by atoms with Crippen LogP contribution >= 0.6 is 0 Å². The quantitative estimate of drug-likeness (QED) is 0.671. The van der Waals surface area contributed by atoms with Crippen LogP contribution in [-0.4, -0.2) is 46.4 Å². The molecule has 19 heavy (non-hydrogen) atoms. The molecule has 1 amide bonds. The fraction of sp³-hybridized carbons (Fsp3) is 0.545. The minimum atomic E-state index is -0.569. The number of H-pyrrole nitrogens is 1. The van der Waals surface area contributed by atoms with E-state index in [2.05, 4.69) is 4.98 Å². The molecule has 2 aliphatic rings. The molecule has 0 spiro atoms. The first-order valence-corrected chi connectivity index (χ1v) is 5.85. The van der Waals surface area contributed by atoms with Gasteiger partial charge in [0.2, 0.25) is 0 Å². The first-order valence-electron chi connectivity index (χ1n) is 5.85. The molecule has 1 N–H and O–H groups in total. The van der Waals surface area contributed by atoms with Crippen LogP contribution in [0.1, 0.15) is 11.7 Å². The van der Waals surface area contributed by atoms with E-state index in [0.29, 0.717) is 12.1 Å². The van der Waals surface area contributed by atoms with Crippen molar-refractivity contribution in [2.75, 3.05) is 13.7 Å². The Labute approximate surface area is 107 Å². The molecule has 3 atom stereocenters. The molecule has 8 nitrogen and oxygen atoms in total. The van der Waals surface area contributed by atoms with Gasteiger partial charge in [-0.3, -0.25) is 19.2 Å². The van der Waals surface area contributed by atoms with E-state index < -0.39 is 23.5 Å². The maximum atomic E-state index is 11.9. The summed E-state index contributed by atoms with van der Waals surface area (Å²) in [6.45, 7) is 1.98. The summed E-state index contributed by atoms with van der Waals surface area (Å²) < 4.78 is 11.4. The molecular formula is C11H13N3O5. The molecule has 3 rings (SSSR count). The highest BCUT2D eigenvalue weighted by Gasteiger charge is 2.58. The largest absolute Gasteiger partial charge is 0.453 e. The van der Waals surface area contributed by atoms with Gasteiger partial charge < -0.3 is 9.47 Å². The lowest BCUT2D eigenvalue weighted by Gasteiger charge is -2.26. The van der Waals surface area contributed by atoms with Crippen LogP contribution in [0.5, 0.6) is 0 Å². The second-order valence-electron chi connectivity index (χ2n) is 4.65. The van der Waals surface area contributed by atoms with Crippen molar-refractivity contribution in [2.24, 2.45) is 0 Å². The second-order valence-corrected chi connectivity index (χ2v) is 4.65. The van der Waals surface area contributed by atoms with Gasteiger partial charge in [0.15, 0.2) is 0 Å². The fourth-order valence-corrected chi connectivity index (χ4v) is 2.44. The van der Waals surface area contributed by atoms with E-state index in [1.807, 2.05) is 0 Å². The number of nitrogens with zero attached hydrogens (tertiary/aromatic N) is 2. The summed E-state index contributed by atoms with van der Waals surface area (Å²) in [6, 6.07) is 0. The number of aromatic nitrogens is 2. The minimum absolute atomic E-state index is 0.0664. The summed E-state index contributed by atoms with van der Waals surface area (Å²) in [5.41, 5.74) is -0.601. The Morgan fingerprint density at radius 3 is 2.95 bits per heavy atom. The molecule has 2 aliphatic heterocycles. The van der Waals surface area contributed by atoms with E-state index in [-0.39, 0.29) is 12.2 Å². The van der Waals surface area contributed by atoms with Crippen molar-refractivity contribution in [3.8, 4) is 0 Å². The summed E-state index contributed by atoms with van der Waals surface area (Å²) >= 11 is 0. The highest BCUT2D eigenvalue weighted by atomic mass is 16.6. The van der Waals surface area contributed by atoms with Crippen molar-refractivity contribution in [3.05, 3.63) is 32.6 Å². The zero-order valence-electron chi connectivity index (χ0n) is 10.5. The molecule has 2 fully saturated rings. The van der Waals surface area contributed by atoms with Gasteiger partial charge >= 0.3 is 11.8 Å². The predicted molar refractivity (Wildman–Crippen MR) is 62.9 cm³/mol. The van der Waals surface area contributed by atoms with Crippen LogP contribution in [0.3, 0.4) is 0 Å². The van der Waals surface area contributed by atoms with Crippen molar-refractivity contribution in [1.29, 1.82) is 0 Å². The Morgan fingerprint density at radius 2 is 2.26 bits per heavy atom. The van der Waals surface area contributed by atoms with E-state index >= 15 is 0 Å². The SMILES string of the molecule is COC(=O)N1C[C@@H]2O[C@@H]2[C@@H]1n1cc(C)c(=O)[nH]c1=O. The van der Waals surface area contributed by atoms with Gasteiger partial charge in [-0.25, -0.2) is 9.59 Å². The molecule has 0 unspecified atom stereocenters. The summed E-state index contributed by atoms with van der Waals surface area (Å²) in [4.78, 5) is 38.6. The zero-order valence-corrected chi connectivity index (χ0v) is 10.5. The Hall–Kier alpha value is -2.09. The third kappa shape index (κ3) is 1.75. The molecule has 1 aromatic heterocycles. The molecule has 8 heteroatoms. The number of ether oxygens (including phenoxy) is 2. The summed E-state index contributed by atoms with van der Waals surface area (Å²) in [6.07, 6.45) is 0.0636. The average molecular weight is 267 g/mol. The van der Waals surface area contributed by atoms with Gasteiger partial charge in [-0.2, -0.15) is 0 Å². The molecule has 1 aromatic rings. The smallest absolute Gasteiger partial charge is 0.411 e. The second kappa shape index (κ2) is 3.95. The van der Waals surface area contributed by atoms with Crippen LogP contribution in [0.2, 0.25) is 0 Å². The number of carbonyl (C=O) groups is 1. The summed E-state index contributed by atoms with van der Waals surface area (Å²) in [5.74, 6) is 0. The molecule has 3 heterocycles. The van der Waals surface area contributed by atoms with Gasteiger partial charge in [0.25, 0.3) is 5.56 Å². The zero-order chi connectivity index (χ0) is 13.7. The molecule has 2 saturated heterocycles. The lowest BCUT2D eigenvalue weighted by Crippen LogP contribution is -2.43. The molecular weight excluding hydrogens is 254 g/mol. The predicted octanol–water partition coefficient (Wildman–Crippen LogP) is -0.807. The Morgan fingerprint density at radius 1 is 1.53 bits per heavy atom. The maximum absolute atomic E-state index is 11.9. The van der Waals surface area contributed by atoms with Crippen LogP contribution in [0, 0.1) is 6.92 Å². The van der Waals surface area contributed by atoms with Crippen molar-refractivity contribution in [1.82, 2.24) is 14.5 Å².